The van der Waals surface area contributed by atoms with Crippen molar-refractivity contribution in [1.82, 2.24) is 24.3 Å². The first-order valence-corrected chi connectivity index (χ1v) is 14.0. The Bertz CT molecular complexity index is 1210. The van der Waals surface area contributed by atoms with Crippen LogP contribution in [0.2, 0.25) is 10.0 Å². The molecule has 2 aliphatic heterocycles. The molecule has 5 rings (SSSR count). The summed E-state index contributed by atoms with van der Waals surface area (Å²) in [4.78, 5) is 28.8. The number of aromatic nitrogens is 3. The number of hydrogen-bond acceptors (Lipinski definition) is 7. The molecule has 0 spiro atoms. The van der Waals surface area contributed by atoms with Crippen LogP contribution in [0.4, 0.5) is 5.82 Å². The van der Waals surface area contributed by atoms with Crippen LogP contribution >= 0.6 is 23.2 Å². The van der Waals surface area contributed by atoms with E-state index in [1.165, 1.54) is 7.11 Å². The summed E-state index contributed by atoms with van der Waals surface area (Å²) in [7, 11) is 1.45. The van der Waals surface area contributed by atoms with Gasteiger partial charge in [0.2, 0.25) is 0 Å². The summed E-state index contributed by atoms with van der Waals surface area (Å²) in [6.45, 7) is 6.66. The van der Waals surface area contributed by atoms with Crippen LogP contribution in [0.3, 0.4) is 0 Å². The lowest BCUT2D eigenvalue weighted by Crippen LogP contribution is -2.58. The third-order valence-electron chi connectivity index (χ3n) is 7.85. The zero-order chi connectivity index (χ0) is 26.6. The lowest BCUT2D eigenvalue weighted by molar-refractivity contribution is -0.148. The van der Waals surface area contributed by atoms with Crippen LogP contribution in [0.1, 0.15) is 37.8 Å². The van der Waals surface area contributed by atoms with Crippen molar-refractivity contribution in [2.24, 2.45) is 0 Å². The van der Waals surface area contributed by atoms with Gasteiger partial charge in [-0.3, -0.25) is 9.80 Å². The minimum Gasteiger partial charge on any atom is -0.468 e. The van der Waals surface area contributed by atoms with Gasteiger partial charge in [0.05, 0.1) is 30.3 Å². The molecular formula is C28H34Cl2N6O2. The predicted molar refractivity (Wildman–Crippen MR) is 150 cm³/mol. The average molecular weight is 558 g/mol. The van der Waals surface area contributed by atoms with Crippen LogP contribution in [0.25, 0.3) is 5.69 Å². The summed E-state index contributed by atoms with van der Waals surface area (Å²) in [6, 6.07) is 9.94. The van der Waals surface area contributed by atoms with Gasteiger partial charge in [0.15, 0.2) is 0 Å². The van der Waals surface area contributed by atoms with E-state index in [1.54, 1.807) is 12.5 Å². The Balaban J connectivity index is 1.23. The molecule has 2 atom stereocenters. The third kappa shape index (κ3) is 5.69. The van der Waals surface area contributed by atoms with Crippen molar-refractivity contribution < 1.29 is 9.53 Å². The number of carbonyl (C=O) groups is 1. The number of halogens is 2. The van der Waals surface area contributed by atoms with E-state index < -0.39 is 6.04 Å². The molecular weight excluding hydrogens is 523 g/mol. The Labute approximate surface area is 234 Å². The predicted octanol–water partition coefficient (Wildman–Crippen LogP) is 4.85. The zero-order valence-electron chi connectivity index (χ0n) is 21.8. The van der Waals surface area contributed by atoms with Crippen molar-refractivity contribution >= 4 is 35.0 Å². The summed E-state index contributed by atoms with van der Waals surface area (Å²) in [6.07, 6.45) is 10.3. The second-order valence-corrected chi connectivity index (χ2v) is 10.8. The largest absolute Gasteiger partial charge is 0.468 e. The van der Waals surface area contributed by atoms with Crippen LogP contribution in [-0.2, 0) is 9.53 Å². The third-order valence-corrected chi connectivity index (χ3v) is 8.38. The number of carbonyl (C=O) groups excluding carboxylic acids is 1. The Hall–Kier alpha value is -2.65. The molecule has 0 aliphatic carbocycles. The van der Waals surface area contributed by atoms with E-state index in [0.717, 1.165) is 69.1 Å². The molecule has 0 saturated carbocycles. The van der Waals surface area contributed by atoms with E-state index in [1.807, 2.05) is 47.3 Å². The van der Waals surface area contributed by atoms with Crippen molar-refractivity contribution in [3.05, 3.63) is 70.9 Å². The zero-order valence-corrected chi connectivity index (χ0v) is 23.4. The van der Waals surface area contributed by atoms with Crippen molar-refractivity contribution in [2.75, 3.05) is 44.7 Å². The maximum atomic E-state index is 12.7. The highest BCUT2D eigenvalue weighted by molar-refractivity contribution is 6.33. The fraction of sp³-hybridized carbons (Fsp3) is 0.464. The van der Waals surface area contributed by atoms with Gasteiger partial charge in [-0.05, 0) is 43.0 Å². The average Bonchev–Trinajstić information content (AvgIpc) is 3.49. The first-order valence-electron chi connectivity index (χ1n) is 13.2. The molecule has 0 amide bonds. The number of piperidine rings is 1. The standard InChI is InChI=1S/C28H34Cl2N6O2/c1-3-22-18-34(27-25(30)16-24(17-32-27)35-13-10-31-19-35)14-15-36(22)23-8-11-33(12-9-23)26(28(37)38-2)20-4-6-21(29)7-5-20/h4-7,10,13,16-17,19,22-23,26H,3,8-9,11-12,14-15,18H2,1-2H3. The normalized spacial score (nSPS) is 20.4. The van der Waals surface area contributed by atoms with Gasteiger partial charge in [-0.15, -0.1) is 0 Å². The van der Waals surface area contributed by atoms with Crippen molar-refractivity contribution in [2.45, 2.75) is 44.3 Å². The van der Waals surface area contributed by atoms with Gasteiger partial charge in [0.25, 0.3) is 0 Å². The number of methoxy groups -OCH3 is 1. The van der Waals surface area contributed by atoms with Gasteiger partial charge in [-0.1, -0.05) is 42.3 Å². The van der Waals surface area contributed by atoms with Crippen molar-refractivity contribution in [3.8, 4) is 5.69 Å². The van der Waals surface area contributed by atoms with E-state index in [0.29, 0.717) is 22.1 Å². The second kappa shape index (κ2) is 12.0. The minimum absolute atomic E-state index is 0.228. The van der Waals surface area contributed by atoms with E-state index in [2.05, 4.69) is 26.6 Å². The lowest BCUT2D eigenvalue weighted by atomic mass is 9.95. The summed E-state index contributed by atoms with van der Waals surface area (Å²) < 4.78 is 7.07. The number of esters is 1. The lowest BCUT2D eigenvalue weighted by Gasteiger charge is -2.48. The summed E-state index contributed by atoms with van der Waals surface area (Å²) in [5, 5.41) is 1.32. The highest BCUT2D eigenvalue weighted by Crippen LogP contribution is 2.32. The van der Waals surface area contributed by atoms with E-state index in [4.69, 9.17) is 32.9 Å². The second-order valence-electron chi connectivity index (χ2n) is 9.96. The summed E-state index contributed by atoms with van der Waals surface area (Å²) in [5.41, 5.74) is 1.82. The van der Waals surface area contributed by atoms with Gasteiger partial charge >= 0.3 is 5.97 Å². The van der Waals surface area contributed by atoms with Crippen LogP contribution < -0.4 is 4.90 Å². The Morgan fingerprint density at radius 3 is 2.53 bits per heavy atom. The molecule has 8 nitrogen and oxygen atoms in total. The number of ether oxygens (including phenoxy) is 1. The van der Waals surface area contributed by atoms with Crippen molar-refractivity contribution in [1.29, 1.82) is 0 Å². The molecule has 2 aromatic heterocycles. The number of rotatable bonds is 7. The first-order chi connectivity index (χ1) is 18.5. The number of nitrogens with zero attached hydrogens (tertiary/aromatic N) is 6. The van der Waals surface area contributed by atoms with E-state index >= 15 is 0 Å². The number of anilines is 1. The molecule has 2 fully saturated rings. The fourth-order valence-corrected chi connectivity index (χ4v) is 6.25. The SMILES string of the molecule is CCC1CN(c2ncc(-n3ccnc3)cc2Cl)CCN1C1CCN(C(C(=O)OC)c2ccc(Cl)cc2)CC1. The topological polar surface area (TPSA) is 66.7 Å². The highest BCUT2D eigenvalue weighted by Gasteiger charge is 2.37. The maximum Gasteiger partial charge on any atom is 0.327 e. The van der Waals surface area contributed by atoms with Crippen molar-refractivity contribution in [3.63, 3.8) is 0 Å². The molecule has 0 radical (unpaired) electrons. The number of pyridine rings is 1. The number of piperazine rings is 1. The van der Waals surface area contributed by atoms with Crippen LogP contribution in [-0.4, -0.2) is 82.2 Å². The number of benzene rings is 1. The molecule has 10 heteroatoms. The first kappa shape index (κ1) is 26.9. The smallest absolute Gasteiger partial charge is 0.327 e. The quantitative estimate of drug-likeness (QED) is 0.385. The van der Waals surface area contributed by atoms with Gasteiger partial charge in [0, 0.05) is 62.2 Å². The Kier molecular flexibility index (Phi) is 8.53. The fourth-order valence-electron chi connectivity index (χ4n) is 5.84. The molecule has 202 valence electrons. The minimum atomic E-state index is -0.407. The summed E-state index contributed by atoms with van der Waals surface area (Å²) in [5.74, 6) is 0.613. The van der Waals surface area contributed by atoms with Gasteiger partial charge in [-0.2, -0.15) is 0 Å². The summed E-state index contributed by atoms with van der Waals surface area (Å²) >= 11 is 12.8. The molecule has 2 saturated heterocycles. The van der Waals surface area contributed by atoms with Crippen LogP contribution in [0, 0.1) is 0 Å². The van der Waals surface area contributed by atoms with Gasteiger partial charge < -0.3 is 14.2 Å². The maximum absolute atomic E-state index is 12.7. The van der Waals surface area contributed by atoms with Crippen LogP contribution in [0.5, 0.6) is 0 Å². The number of imidazole rings is 1. The Morgan fingerprint density at radius 1 is 1.13 bits per heavy atom. The number of likely N-dealkylation sites (tertiary alicyclic amines) is 1. The van der Waals surface area contributed by atoms with E-state index in [9.17, 15) is 4.79 Å². The highest BCUT2D eigenvalue weighted by atomic mass is 35.5. The molecule has 2 unspecified atom stereocenters. The van der Waals surface area contributed by atoms with Crippen LogP contribution in [0.15, 0.2) is 55.2 Å². The van der Waals surface area contributed by atoms with E-state index in [-0.39, 0.29) is 5.97 Å². The molecule has 2 aliphatic rings. The molecule has 3 aromatic rings. The number of hydrogen-bond donors (Lipinski definition) is 0. The molecule has 38 heavy (non-hydrogen) atoms. The monoisotopic (exact) mass is 556 g/mol. The van der Waals surface area contributed by atoms with Gasteiger partial charge in [-0.25, -0.2) is 14.8 Å². The molecule has 4 heterocycles. The molecule has 0 bridgehead atoms. The molecule has 1 aromatic carbocycles. The molecule has 0 N–H and O–H groups in total. The Morgan fingerprint density at radius 2 is 1.89 bits per heavy atom. The van der Waals surface area contributed by atoms with Gasteiger partial charge in [0.1, 0.15) is 11.9 Å².